The third-order valence-electron chi connectivity index (χ3n) is 3.13. The lowest BCUT2D eigenvalue weighted by molar-refractivity contribution is 0.169. The van der Waals surface area contributed by atoms with E-state index in [4.69, 9.17) is 0 Å². The molecular weight excluding hydrogens is 290 g/mol. The number of rotatable bonds is 8. The van der Waals surface area contributed by atoms with Crippen LogP contribution in [0.3, 0.4) is 0 Å². The third-order valence-corrected chi connectivity index (χ3v) is 3.63. The van der Waals surface area contributed by atoms with Gasteiger partial charge in [-0.05, 0) is 31.0 Å². The molecule has 0 bridgehead atoms. The molecule has 0 aliphatic carbocycles. The average molecular weight is 314 g/mol. The van der Waals surface area contributed by atoms with E-state index >= 15 is 0 Å². The highest BCUT2D eigenvalue weighted by Gasteiger charge is 2.09. The fourth-order valence-corrected chi connectivity index (χ4v) is 2.36. The van der Waals surface area contributed by atoms with Crippen LogP contribution in [0.5, 0.6) is 0 Å². The maximum Gasteiger partial charge on any atom is 0.0914 e. The van der Waals surface area contributed by atoms with E-state index in [1.807, 2.05) is 24.3 Å². The van der Waals surface area contributed by atoms with E-state index < -0.39 is 6.10 Å². The van der Waals surface area contributed by atoms with E-state index in [0.717, 1.165) is 10.0 Å². The molecule has 18 heavy (non-hydrogen) atoms. The zero-order valence-electron chi connectivity index (χ0n) is 11.3. The lowest BCUT2D eigenvalue weighted by Crippen LogP contribution is -2.30. The second kappa shape index (κ2) is 8.68. The van der Waals surface area contributed by atoms with Crippen LogP contribution in [0.4, 0.5) is 0 Å². The van der Waals surface area contributed by atoms with Crippen molar-refractivity contribution in [3.63, 3.8) is 0 Å². The van der Waals surface area contributed by atoms with Gasteiger partial charge in [-0.3, -0.25) is 0 Å². The van der Waals surface area contributed by atoms with Gasteiger partial charge in [-0.1, -0.05) is 54.2 Å². The first-order chi connectivity index (χ1) is 8.63. The summed E-state index contributed by atoms with van der Waals surface area (Å²) >= 11 is 3.42. The summed E-state index contributed by atoms with van der Waals surface area (Å²) in [6, 6.07) is 8.32. The lowest BCUT2D eigenvalue weighted by Gasteiger charge is -2.17. The largest absolute Gasteiger partial charge is 0.387 e. The number of benzene rings is 1. The summed E-state index contributed by atoms with van der Waals surface area (Å²) in [5, 5.41) is 13.5. The summed E-state index contributed by atoms with van der Waals surface area (Å²) in [5.41, 5.74) is 0.956. The number of aliphatic hydroxyl groups excluding tert-OH is 1. The smallest absolute Gasteiger partial charge is 0.0914 e. The van der Waals surface area contributed by atoms with Crippen molar-refractivity contribution in [3.05, 3.63) is 34.3 Å². The predicted molar refractivity (Wildman–Crippen MR) is 80.7 cm³/mol. The minimum Gasteiger partial charge on any atom is -0.387 e. The number of hydrogen-bond donors (Lipinski definition) is 2. The van der Waals surface area contributed by atoms with Crippen molar-refractivity contribution in [2.75, 3.05) is 6.54 Å². The zero-order chi connectivity index (χ0) is 13.4. The SMILES string of the molecule is CCCCCC(C)NCC(O)c1cccc(Br)c1. The Bertz CT molecular complexity index is 343. The van der Waals surface area contributed by atoms with Crippen molar-refractivity contribution in [3.8, 4) is 0 Å². The van der Waals surface area contributed by atoms with Crippen molar-refractivity contribution in [1.29, 1.82) is 0 Å². The molecule has 1 aromatic rings. The topological polar surface area (TPSA) is 32.3 Å². The molecule has 0 saturated heterocycles. The van der Waals surface area contributed by atoms with Crippen molar-refractivity contribution in [2.24, 2.45) is 0 Å². The molecule has 0 amide bonds. The normalized spacial score (nSPS) is 14.4. The number of halogens is 1. The van der Waals surface area contributed by atoms with Gasteiger partial charge < -0.3 is 10.4 Å². The Labute approximate surface area is 119 Å². The van der Waals surface area contributed by atoms with E-state index in [9.17, 15) is 5.11 Å². The minimum absolute atomic E-state index is 0.434. The summed E-state index contributed by atoms with van der Waals surface area (Å²) in [6.07, 6.45) is 4.56. The lowest BCUT2D eigenvalue weighted by atomic mass is 10.1. The van der Waals surface area contributed by atoms with Gasteiger partial charge in [0.2, 0.25) is 0 Å². The molecule has 2 N–H and O–H groups in total. The Morgan fingerprint density at radius 1 is 1.33 bits per heavy atom. The van der Waals surface area contributed by atoms with Crippen LogP contribution >= 0.6 is 15.9 Å². The van der Waals surface area contributed by atoms with Crippen LogP contribution in [-0.4, -0.2) is 17.7 Å². The van der Waals surface area contributed by atoms with Gasteiger partial charge in [0.25, 0.3) is 0 Å². The molecule has 1 aromatic carbocycles. The van der Waals surface area contributed by atoms with E-state index in [1.54, 1.807) is 0 Å². The summed E-state index contributed by atoms with van der Waals surface area (Å²) in [6.45, 7) is 5.02. The van der Waals surface area contributed by atoms with E-state index in [2.05, 4.69) is 35.1 Å². The standard InChI is InChI=1S/C15H24BrNO/c1-3-4-5-7-12(2)17-11-15(18)13-8-6-9-14(16)10-13/h6,8-10,12,15,17-18H,3-5,7,11H2,1-2H3. The molecule has 2 nitrogen and oxygen atoms in total. The molecule has 102 valence electrons. The Hall–Kier alpha value is -0.380. The summed E-state index contributed by atoms with van der Waals surface area (Å²) in [7, 11) is 0. The van der Waals surface area contributed by atoms with Gasteiger partial charge in [0.1, 0.15) is 0 Å². The monoisotopic (exact) mass is 313 g/mol. The predicted octanol–water partition coefficient (Wildman–Crippen LogP) is 4.04. The van der Waals surface area contributed by atoms with Crippen LogP contribution in [0.1, 0.15) is 51.2 Å². The Balaban J connectivity index is 2.30. The highest BCUT2D eigenvalue weighted by atomic mass is 79.9. The Kier molecular flexibility index (Phi) is 7.56. The van der Waals surface area contributed by atoms with Crippen LogP contribution in [0.2, 0.25) is 0 Å². The fourth-order valence-electron chi connectivity index (χ4n) is 1.95. The highest BCUT2D eigenvalue weighted by Crippen LogP contribution is 2.17. The maximum absolute atomic E-state index is 10.1. The van der Waals surface area contributed by atoms with Gasteiger partial charge in [0, 0.05) is 17.1 Å². The van der Waals surface area contributed by atoms with E-state index in [1.165, 1.54) is 25.7 Å². The molecule has 0 aromatic heterocycles. The molecule has 0 heterocycles. The van der Waals surface area contributed by atoms with Gasteiger partial charge in [0.15, 0.2) is 0 Å². The Morgan fingerprint density at radius 3 is 2.78 bits per heavy atom. The number of unbranched alkanes of at least 4 members (excludes halogenated alkanes) is 2. The van der Waals surface area contributed by atoms with Crippen LogP contribution in [0.15, 0.2) is 28.7 Å². The molecule has 0 fully saturated rings. The second-order valence-electron chi connectivity index (χ2n) is 4.88. The van der Waals surface area contributed by atoms with Crippen LogP contribution in [-0.2, 0) is 0 Å². The Morgan fingerprint density at radius 2 is 2.11 bits per heavy atom. The molecular formula is C15H24BrNO. The molecule has 0 radical (unpaired) electrons. The average Bonchev–Trinajstić information content (AvgIpc) is 2.36. The maximum atomic E-state index is 10.1. The molecule has 3 heteroatoms. The van der Waals surface area contributed by atoms with Crippen molar-refractivity contribution >= 4 is 15.9 Å². The van der Waals surface area contributed by atoms with Crippen molar-refractivity contribution in [2.45, 2.75) is 51.7 Å². The van der Waals surface area contributed by atoms with Gasteiger partial charge >= 0.3 is 0 Å². The van der Waals surface area contributed by atoms with Gasteiger partial charge in [0.05, 0.1) is 6.10 Å². The zero-order valence-corrected chi connectivity index (χ0v) is 12.9. The van der Waals surface area contributed by atoms with Crippen LogP contribution in [0, 0.1) is 0 Å². The van der Waals surface area contributed by atoms with Gasteiger partial charge in [-0.2, -0.15) is 0 Å². The summed E-state index contributed by atoms with van der Waals surface area (Å²) in [4.78, 5) is 0. The molecule has 0 aliphatic heterocycles. The fraction of sp³-hybridized carbons (Fsp3) is 0.600. The first-order valence-electron chi connectivity index (χ1n) is 6.80. The van der Waals surface area contributed by atoms with E-state index in [-0.39, 0.29) is 0 Å². The molecule has 0 aliphatic rings. The van der Waals surface area contributed by atoms with Crippen LogP contribution in [0.25, 0.3) is 0 Å². The first-order valence-corrected chi connectivity index (χ1v) is 7.59. The second-order valence-corrected chi connectivity index (χ2v) is 5.79. The number of aliphatic hydroxyl groups is 1. The van der Waals surface area contributed by atoms with Gasteiger partial charge in [-0.25, -0.2) is 0 Å². The number of hydrogen-bond acceptors (Lipinski definition) is 2. The molecule has 2 atom stereocenters. The molecule has 1 rings (SSSR count). The first kappa shape index (κ1) is 15.7. The molecule has 2 unspecified atom stereocenters. The summed E-state index contributed by atoms with van der Waals surface area (Å²) < 4.78 is 1.01. The van der Waals surface area contributed by atoms with Crippen LogP contribution < -0.4 is 5.32 Å². The van der Waals surface area contributed by atoms with E-state index in [0.29, 0.717) is 12.6 Å². The quantitative estimate of drug-likeness (QED) is 0.710. The number of nitrogens with one attached hydrogen (secondary N) is 1. The van der Waals surface area contributed by atoms with Crippen molar-refractivity contribution < 1.29 is 5.11 Å². The molecule has 0 saturated carbocycles. The minimum atomic E-state index is -0.434. The van der Waals surface area contributed by atoms with Crippen molar-refractivity contribution in [1.82, 2.24) is 5.32 Å². The highest BCUT2D eigenvalue weighted by molar-refractivity contribution is 9.10. The van der Waals surface area contributed by atoms with Gasteiger partial charge in [-0.15, -0.1) is 0 Å². The molecule has 0 spiro atoms. The summed E-state index contributed by atoms with van der Waals surface area (Å²) in [5.74, 6) is 0. The third kappa shape index (κ3) is 5.98.